The quantitative estimate of drug-likeness (QED) is 0.188. The smallest absolute Gasteiger partial charge is 0.212 e. The summed E-state index contributed by atoms with van der Waals surface area (Å²) in [5.74, 6) is 0.616. The fourth-order valence-electron chi connectivity index (χ4n) is 0.590. The fourth-order valence-corrected chi connectivity index (χ4v) is 0.590. The Morgan fingerprint density at radius 2 is 2.50 bits per heavy atom. The van der Waals surface area contributed by atoms with Crippen molar-refractivity contribution in [3.63, 3.8) is 0 Å². The standard InChI is InChI=1S/C4H10N6/c5-3(6)9-10-4-7-1-2-8-4/h1-2H2,(H4,5,6,9)(H2,7,8,10). The summed E-state index contributed by atoms with van der Waals surface area (Å²) in [4.78, 5) is 3.98. The van der Waals surface area contributed by atoms with Crippen molar-refractivity contribution < 1.29 is 0 Å². The van der Waals surface area contributed by atoms with Crippen LogP contribution in [0.5, 0.6) is 0 Å². The highest BCUT2D eigenvalue weighted by molar-refractivity contribution is 5.83. The normalized spacial score (nSPS) is 15.4. The summed E-state index contributed by atoms with van der Waals surface area (Å²) >= 11 is 0. The number of guanidine groups is 2. The van der Waals surface area contributed by atoms with Crippen LogP contribution >= 0.6 is 0 Å². The van der Waals surface area contributed by atoms with Gasteiger partial charge in [-0.1, -0.05) is 0 Å². The van der Waals surface area contributed by atoms with Crippen LogP contribution < -0.4 is 22.2 Å². The zero-order valence-electron chi connectivity index (χ0n) is 5.46. The van der Waals surface area contributed by atoms with Gasteiger partial charge in [-0.25, -0.2) is 10.4 Å². The van der Waals surface area contributed by atoms with Crippen LogP contribution in [0.25, 0.3) is 0 Å². The lowest BCUT2D eigenvalue weighted by atomic mass is 10.7. The van der Waals surface area contributed by atoms with Crippen molar-refractivity contribution in [3.05, 3.63) is 0 Å². The van der Waals surface area contributed by atoms with Crippen LogP contribution in [0, 0.1) is 0 Å². The molecule has 56 valence electrons. The maximum absolute atomic E-state index is 5.05. The second kappa shape index (κ2) is 2.90. The molecule has 0 saturated heterocycles. The number of nitrogens with two attached hydrogens (primary N) is 2. The minimum atomic E-state index is -0.00333. The zero-order chi connectivity index (χ0) is 7.40. The molecule has 0 aromatic heterocycles. The molecule has 6 N–H and O–H groups in total. The van der Waals surface area contributed by atoms with E-state index in [2.05, 4.69) is 20.8 Å². The van der Waals surface area contributed by atoms with Gasteiger partial charge in [0.2, 0.25) is 11.9 Å². The van der Waals surface area contributed by atoms with Gasteiger partial charge in [-0.15, -0.1) is 5.10 Å². The van der Waals surface area contributed by atoms with Crippen molar-refractivity contribution in [3.8, 4) is 0 Å². The SMILES string of the molecule is NC(N)=NNC1=NCCN1. The molecule has 1 rings (SSSR count). The van der Waals surface area contributed by atoms with Crippen LogP contribution in [0.3, 0.4) is 0 Å². The Morgan fingerprint density at radius 1 is 1.70 bits per heavy atom. The van der Waals surface area contributed by atoms with Crippen LogP contribution in [0.1, 0.15) is 0 Å². The lowest BCUT2D eigenvalue weighted by Gasteiger charge is -1.98. The van der Waals surface area contributed by atoms with E-state index in [0.717, 1.165) is 13.1 Å². The molecule has 0 aromatic rings. The molecular weight excluding hydrogens is 132 g/mol. The van der Waals surface area contributed by atoms with E-state index in [1.165, 1.54) is 0 Å². The highest BCUT2D eigenvalue weighted by atomic mass is 15.4. The average Bonchev–Trinajstić information content (AvgIpc) is 2.34. The lowest BCUT2D eigenvalue weighted by Crippen LogP contribution is -2.34. The van der Waals surface area contributed by atoms with Crippen molar-refractivity contribution >= 4 is 11.9 Å². The second-order valence-electron chi connectivity index (χ2n) is 1.81. The van der Waals surface area contributed by atoms with Gasteiger partial charge in [-0.2, -0.15) is 0 Å². The molecule has 6 nitrogen and oxygen atoms in total. The minimum absolute atomic E-state index is 0.00333. The molecule has 0 unspecified atom stereocenters. The summed E-state index contributed by atoms with van der Waals surface area (Å²) in [6.45, 7) is 1.60. The topological polar surface area (TPSA) is 101 Å². The third-order valence-electron chi connectivity index (χ3n) is 0.965. The summed E-state index contributed by atoms with van der Waals surface area (Å²) < 4.78 is 0. The molecular formula is C4H10N6. The first kappa shape index (κ1) is 6.66. The molecule has 0 fully saturated rings. The molecule has 0 radical (unpaired) electrons. The van der Waals surface area contributed by atoms with Crippen molar-refractivity contribution in [2.45, 2.75) is 0 Å². The Balaban J connectivity index is 2.32. The van der Waals surface area contributed by atoms with E-state index < -0.39 is 0 Å². The predicted octanol–water partition coefficient (Wildman–Crippen LogP) is -2.28. The number of hydrazone groups is 1. The van der Waals surface area contributed by atoms with Crippen molar-refractivity contribution in [1.29, 1.82) is 0 Å². The molecule has 1 aliphatic heterocycles. The molecule has 1 heterocycles. The van der Waals surface area contributed by atoms with Gasteiger partial charge in [-0.05, 0) is 0 Å². The van der Waals surface area contributed by atoms with Crippen LogP contribution in [0.4, 0.5) is 0 Å². The van der Waals surface area contributed by atoms with Crippen LogP contribution in [0.15, 0.2) is 10.1 Å². The van der Waals surface area contributed by atoms with E-state index in [9.17, 15) is 0 Å². The first-order valence-corrected chi connectivity index (χ1v) is 2.92. The third kappa shape index (κ3) is 1.81. The van der Waals surface area contributed by atoms with E-state index in [4.69, 9.17) is 11.5 Å². The molecule has 0 bridgehead atoms. The Kier molecular flexibility index (Phi) is 1.93. The molecule has 1 aliphatic rings. The zero-order valence-corrected chi connectivity index (χ0v) is 5.46. The minimum Gasteiger partial charge on any atom is -0.369 e. The molecule has 0 atom stereocenters. The molecule has 10 heavy (non-hydrogen) atoms. The number of aliphatic imine (C=N–C) groups is 1. The van der Waals surface area contributed by atoms with E-state index in [1.54, 1.807) is 0 Å². The van der Waals surface area contributed by atoms with Gasteiger partial charge in [-0.3, -0.25) is 0 Å². The van der Waals surface area contributed by atoms with Gasteiger partial charge in [0, 0.05) is 6.54 Å². The summed E-state index contributed by atoms with van der Waals surface area (Å²) in [5, 5.41) is 6.47. The second-order valence-corrected chi connectivity index (χ2v) is 1.81. The predicted molar refractivity (Wildman–Crippen MR) is 39.3 cm³/mol. The molecule has 0 saturated carbocycles. The molecule has 0 spiro atoms. The van der Waals surface area contributed by atoms with Gasteiger partial charge in [0.05, 0.1) is 6.54 Å². The van der Waals surface area contributed by atoms with E-state index in [-0.39, 0.29) is 5.96 Å². The van der Waals surface area contributed by atoms with Crippen LogP contribution in [0.2, 0.25) is 0 Å². The fraction of sp³-hybridized carbons (Fsp3) is 0.500. The highest BCUT2D eigenvalue weighted by Gasteiger charge is 2.01. The first-order valence-electron chi connectivity index (χ1n) is 2.92. The van der Waals surface area contributed by atoms with Gasteiger partial charge in [0.25, 0.3) is 0 Å². The number of nitrogens with one attached hydrogen (secondary N) is 2. The number of hydrogen-bond donors (Lipinski definition) is 4. The van der Waals surface area contributed by atoms with E-state index >= 15 is 0 Å². The number of rotatable bonds is 1. The number of nitrogens with zero attached hydrogens (tertiary/aromatic N) is 2. The molecule has 6 heteroatoms. The summed E-state index contributed by atoms with van der Waals surface area (Å²) in [5.41, 5.74) is 12.7. The molecule has 0 aliphatic carbocycles. The summed E-state index contributed by atoms with van der Waals surface area (Å²) in [7, 11) is 0. The Bertz CT molecular complexity index is 167. The average molecular weight is 142 g/mol. The lowest BCUT2D eigenvalue weighted by molar-refractivity contribution is 0.914. The largest absolute Gasteiger partial charge is 0.369 e. The maximum atomic E-state index is 5.05. The summed E-state index contributed by atoms with van der Waals surface area (Å²) in [6.07, 6.45) is 0. The Morgan fingerprint density at radius 3 is 3.00 bits per heavy atom. The Labute approximate surface area is 58.4 Å². The van der Waals surface area contributed by atoms with Gasteiger partial charge in [0.15, 0.2) is 0 Å². The molecule has 0 aromatic carbocycles. The van der Waals surface area contributed by atoms with Crippen molar-refractivity contribution in [2.24, 2.45) is 21.6 Å². The van der Waals surface area contributed by atoms with Gasteiger partial charge in [0.1, 0.15) is 0 Å². The summed E-state index contributed by atoms with van der Waals surface area (Å²) in [6, 6.07) is 0. The highest BCUT2D eigenvalue weighted by Crippen LogP contribution is 1.79. The van der Waals surface area contributed by atoms with Gasteiger partial charge >= 0.3 is 0 Å². The first-order chi connectivity index (χ1) is 4.79. The Hall–Kier alpha value is -1.46. The number of hydrogen-bond acceptors (Lipinski definition) is 4. The van der Waals surface area contributed by atoms with Crippen LogP contribution in [-0.2, 0) is 0 Å². The third-order valence-corrected chi connectivity index (χ3v) is 0.965. The maximum Gasteiger partial charge on any atom is 0.212 e. The van der Waals surface area contributed by atoms with Gasteiger partial charge < -0.3 is 16.8 Å². The monoisotopic (exact) mass is 142 g/mol. The van der Waals surface area contributed by atoms with Crippen LogP contribution in [-0.4, -0.2) is 25.0 Å². The van der Waals surface area contributed by atoms with E-state index in [1.807, 2.05) is 0 Å². The van der Waals surface area contributed by atoms with Crippen molar-refractivity contribution in [1.82, 2.24) is 10.7 Å². The van der Waals surface area contributed by atoms with E-state index in [0.29, 0.717) is 5.96 Å². The van der Waals surface area contributed by atoms with Crippen molar-refractivity contribution in [2.75, 3.05) is 13.1 Å². The molecule has 0 amide bonds.